The summed E-state index contributed by atoms with van der Waals surface area (Å²) in [6.07, 6.45) is -10.4. The molecule has 4 N–H and O–H groups in total. The third-order valence-electron chi connectivity index (χ3n) is 10.2. The second kappa shape index (κ2) is 22.3. The normalized spacial score (nSPS) is 21.0. The number of carbonyl (C=O) groups is 8. The Balaban J connectivity index is 1.70. The van der Waals surface area contributed by atoms with Crippen LogP contribution in [0.25, 0.3) is 11.1 Å². The molecule has 19 nitrogen and oxygen atoms in total. The molecule has 19 heteroatoms. The van der Waals surface area contributed by atoms with Gasteiger partial charge >= 0.3 is 35.9 Å². The van der Waals surface area contributed by atoms with E-state index in [1.807, 2.05) is 48.5 Å². The Hall–Kier alpha value is -6.08. The topological polar surface area (TPSA) is 257 Å². The van der Waals surface area contributed by atoms with Gasteiger partial charge in [-0.15, -0.1) is 0 Å². The van der Waals surface area contributed by atoms with Crippen molar-refractivity contribution in [2.45, 2.75) is 130 Å². The van der Waals surface area contributed by atoms with Gasteiger partial charge in [-0.1, -0.05) is 76.2 Å². The lowest BCUT2D eigenvalue weighted by molar-refractivity contribution is -0.316. The Morgan fingerprint density at radius 1 is 0.635 bits per heavy atom. The standard InChI is InChI=1S/C44H57N3O16/c1-21(2)18-33(40(52)46-35(22(3)4)42(54)55)45-41(53)36(47-44(56)58-19-32-30-16-12-10-14-28(30)29-15-11-13-17-31(29)32)23(5)59-43-39(62-27(9)51)38(61-26(8)50)37(60-25(7)49)34(63-43)20-57-24(6)48/h10-17,21-23,32-39,43H,18-20H2,1-9H3,(H,45,53)(H,46,52)(H,47,56)(H,54,55)/t23-,33+,34-,35+,36+,37-,38+,39-,43-/m1/s1. The van der Waals surface area contributed by atoms with Crippen LogP contribution in [0, 0.1) is 11.8 Å². The highest BCUT2D eigenvalue weighted by Gasteiger charge is 2.54. The summed E-state index contributed by atoms with van der Waals surface area (Å²) in [4.78, 5) is 103. The summed E-state index contributed by atoms with van der Waals surface area (Å²) in [7, 11) is 0. The zero-order chi connectivity index (χ0) is 46.7. The van der Waals surface area contributed by atoms with Crippen molar-refractivity contribution >= 4 is 47.8 Å². The van der Waals surface area contributed by atoms with Gasteiger partial charge in [-0.25, -0.2) is 9.59 Å². The van der Waals surface area contributed by atoms with Gasteiger partial charge in [-0.05, 0) is 47.4 Å². The first kappa shape index (κ1) is 49.6. The molecular weight excluding hydrogens is 826 g/mol. The molecule has 0 radical (unpaired) electrons. The summed E-state index contributed by atoms with van der Waals surface area (Å²) in [6, 6.07) is 11.0. The molecule has 1 aliphatic carbocycles. The van der Waals surface area contributed by atoms with Gasteiger partial charge in [-0.2, -0.15) is 0 Å². The molecule has 4 rings (SSSR count). The van der Waals surface area contributed by atoms with Gasteiger partial charge in [0.15, 0.2) is 24.6 Å². The molecule has 63 heavy (non-hydrogen) atoms. The first-order chi connectivity index (χ1) is 29.7. The number of ether oxygens (including phenoxy) is 7. The highest BCUT2D eigenvalue weighted by molar-refractivity contribution is 5.93. The van der Waals surface area contributed by atoms with Gasteiger partial charge in [0.05, 0.1) is 6.10 Å². The molecule has 1 aliphatic heterocycles. The maximum atomic E-state index is 14.4. The van der Waals surface area contributed by atoms with Gasteiger partial charge in [0.25, 0.3) is 0 Å². The van der Waals surface area contributed by atoms with Crippen LogP contribution in [0.3, 0.4) is 0 Å². The van der Waals surface area contributed by atoms with Crippen LogP contribution in [0.2, 0.25) is 0 Å². The average Bonchev–Trinajstić information content (AvgIpc) is 3.51. The second-order valence-electron chi connectivity index (χ2n) is 16.1. The minimum atomic E-state index is -1.75. The smallest absolute Gasteiger partial charge is 0.407 e. The van der Waals surface area contributed by atoms with Crippen molar-refractivity contribution in [2.75, 3.05) is 13.2 Å². The molecule has 1 saturated heterocycles. The summed E-state index contributed by atoms with van der Waals surface area (Å²) in [5.74, 6) is -7.51. The molecule has 344 valence electrons. The number of carboxylic acid groups (broad SMARTS) is 1. The average molecular weight is 884 g/mol. The number of hydrogen-bond acceptors (Lipinski definition) is 15. The van der Waals surface area contributed by atoms with Crippen molar-refractivity contribution in [1.82, 2.24) is 16.0 Å². The van der Waals surface area contributed by atoms with E-state index in [1.165, 1.54) is 6.92 Å². The molecule has 1 heterocycles. The van der Waals surface area contributed by atoms with E-state index in [-0.39, 0.29) is 24.9 Å². The van der Waals surface area contributed by atoms with Crippen LogP contribution in [0.5, 0.6) is 0 Å². The molecule has 3 amide bonds. The van der Waals surface area contributed by atoms with Crippen molar-refractivity contribution in [3.05, 3.63) is 59.7 Å². The van der Waals surface area contributed by atoms with E-state index in [2.05, 4.69) is 16.0 Å². The van der Waals surface area contributed by atoms with Crippen LogP contribution in [-0.4, -0.2) is 121 Å². The number of carboxylic acids is 1. The Bertz CT molecular complexity index is 1960. The highest BCUT2D eigenvalue weighted by atomic mass is 16.7. The van der Waals surface area contributed by atoms with E-state index in [9.17, 15) is 43.5 Å². The van der Waals surface area contributed by atoms with E-state index in [0.29, 0.717) is 0 Å². The van der Waals surface area contributed by atoms with Gasteiger partial charge in [0.1, 0.15) is 37.4 Å². The largest absolute Gasteiger partial charge is 0.480 e. The van der Waals surface area contributed by atoms with E-state index in [0.717, 1.165) is 49.9 Å². The second-order valence-corrected chi connectivity index (χ2v) is 16.1. The molecular formula is C44H57N3O16. The number of esters is 4. The molecule has 0 bridgehead atoms. The quantitative estimate of drug-likeness (QED) is 0.117. The molecule has 2 aliphatic rings. The SMILES string of the molecule is CC(=O)OC[C@H]1O[C@@H](O[C@H](C)[C@H](NC(=O)OCC2c3ccccc3-c3ccccc32)C(=O)N[C@@H](CC(C)C)C(=O)N[C@H](C(=O)O)C(C)C)[C@H](OC(C)=O)[C@@H](OC(C)=O)[C@@H]1OC(C)=O. The predicted molar refractivity (Wildman–Crippen MR) is 220 cm³/mol. The number of hydrogen-bond donors (Lipinski definition) is 4. The lowest BCUT2D eigenvalue weighted by Crippen LogP contribution is -2.64. The first-order valence-electron chi connectivity index (χ1n) is 20.6. The molecule has 9 atom stereocenters. The number of nitrogens with one attached hydrogen (secondary N) is 3. The molecule has 1 fully saturated rings. The monoisotopic (exact) mass is 883 g/mol. The summed E-state index contributed by atoms with van der Waals surface area (Å²) in [6.45, 7) is 11.7. The lowest BCUT2D eigenvalue weighted by atomic mass is 9.97. The lowest BCUT2D eigenvalue weighted by Gasteiger charge is -2.45. The van der Waals surface area contributed by atoms with E-state index in [4.69, 9.17) is 33.2 Å². The summed E-state index contributed by atoms with van der Waals surface area (Å²) < 4.78 is 39.7. The first-order valence-corrected chi connectivity index (χ1v) is 20.6. The minimum absolute atomic E-state index is 0.0502. The molecule has 0 saturated carbocycles. The van der Waals surface area contributed by atoms with Crippen LogP contribution in [0.15, 0.2) is 48.5 Å². The molecule has 2 aromatic rings. The Morgan fingerprint density at radius 2 is 1.17 bits per heavy atom. The van der Waals surface area contributed by atoms with Gasteiger partial charge in [0, 0.05) is 33.6 Å². The van der Waals surface area contributed by atoms with E-state index >= 15 is 0 Å². The number of amides is 3. The van der Waals surface area contributed by atoms with Crippen molar-refractivity contribution in [2.24, 2.45) is 11.8 Å². The number of rotatable bonds is 19. The number of alkyl carbamates (subject to hydrolysis) is 1. The van der Waals surface area contributed by atoms with Gasteiger partial charge in [-0.3, -0.25) is 28.8 Å². The van der Waals surface area contributed by atoms with Crippen LogP contribution in [0.4, 0.5) is 4.79 Å². The predicted octanol–water partition coefficient (Wildman–Crippen LogP) is 3.14. The van der Waals surface area contributed by atoms with E-state index in [1.54, 1.807) is 27.7 Å². The van der Waals surface area contributed by atoms with Crippen molar-refractivity contribution in [3.63, 3.8) is 0 Å². The van der Waals surface area contributed by atoms with Gasteiger partial charge in [0.2, 0.25) is 11.8 Å². The summed E-state index contributed by atoms with van der Waals surface area (Å²) >= 11 is 0. The Kier molecular flexibility index (Phi) is 17.6. The Morgan fingerprint density at radius 3 is 1.68 bits per heavy atom. The number of fused-ring (bicyclic) bond motifs is 3. The fraction of sp³-hybridized carbons (Fsp3) is 0.545. The molecule has 0 aromatic heterocycles. The number of aliphatic carboxylic acids is 1. The molecule has 2 aromatic carbocycles. The van der Waals surface area contributed by atoms with Crippen LogP contribution in [-0.2, 0) is 66.7 Å². The van der Waals surface area contributed by atoms with Crippen molar-refractivity contribution < 1.29 is 76.6 Å². The van der Waals surface area contributed by atoms with E-state index < -0.39 is 115 Å². The Labute approximate surface area is 365 Å². The highest BCUT2D eigenvalue weighted by Crippen LogP contribution is 2.44. The summed E-state index contributed by atoms with van der Waals surface area (Å²) in [5, 5.41) is 17.4. The number of carbonyl (C=O) groups excluding carboxylic acids is 7. The number of benzene rings is 2. The zero-order valence-electron chi connectivity index (χ0n) is 36.7. The summed E-state index contributed by atoms with van der Waals surface area (Å²) in [5.41, 5.74) is 3.79. The van der Waals surface area contributed by atoms with Crippen LogP contribution in [0.1, 0.15) is 85.8 Å². The third kappa shape index (κ3) is 13.5. The minimum Gasteiger partial charge on any atom is -0.480 e. The fourth-order valence-corrected chi connectivity index (χ4v) is 7.48. The molecule has 0 spiro atoms. The third-order valence-corrected chi connectivity index (χ3v) is 10.2. The van der Waals surface area contributed by atoms with Gasteiger partial charge < -0.3 is 54.2 Å². The van der Waals surface area contributed by atoms with Crippen molar-refractivity contribution in [1.29, 1.82) is 0 Å². The maximum Gasteiger partial charge on any atom is 0.407 e. The fourth-order valence-electron chi connectivity index (χ4n) is 7.48. The van der Waals surface area contributed by atoms with Crippen LogP contribution >= 0.6 is 0 Å². The molecule has 0 unspecified atom stereocenters. The zero-order valence-corrected chi connectivity index (χ0v) is 36.7. The maximum absolute atomic E-state index is 14.4. The van der Waals surface area contributed by atoms with Crippen LogP contribution < -0.4 is 16.0 Å². The van der Waals surface area contributed by atoms with Crippen molar-refractivity contribution in [3.8, 4) is 11.1 Å².